The smallest absolute Gasteiger partial charge is 0.227 e. The topological polar surface area (TPSA) is 77.5 Å². The molecule has 4 aromatic rings. The fourth-order valence-corrected chi connectivity index (χ4v) is 5.36. The minimum absolute atomic E-state index is 0.235. The molecule has 5 heterocycles. The van der Waals surface area contributed by atoms with Crippen molar-refractivity contribution >= 4 is 33.1 Å². The van der Waals surface area contributed by atoms with Crippen LogP contribution in [0.4, 0.5) is 5.95 Å². The quantitative estimate of drug-likeness (QED) is 0.581. The van der Waals surface area contributed by atoms with Gasteiger partial charge in [-0.2, -0.15) is 4.52 Å². The number of hydrogen-bond donors (Lipinski definition) is 1. The monoisotopic (exact) mass is 381 g/mol. The lowest BCUT2D eigenvalue weighted by Crippen LogP contribution is -2.20. The molecule has 0 saturated carbocycles. The Kier molecular flexibility index (Phi) is 3.48. The van der Waals surface area contributed by atoms with Crippen LogP contribution in [-0.4, -0.2) is 38.8 Å². The Labute approximate surface area is 159 Å². The second-order valence-corrected chi connectivity index (χ2v) is 8.22. The molecule has 1 saturated heterocycles. The summed E-state index contributed by atoms with van der Waals surface area (Å²) in [5, 5.41) is 9.30. The molecule has 0 amide bonds. The summed E-state index contributed by atoms with van der Waals surface area (Å²) in [5.41, 5.74) is 2.26. The predicted molar refractivity (Wildman–Crippen MR) is 103 cm³/mol. The zero-order chi connectivity index (χ0) is 17.8. The molecule has 6 rings (SSSR count). The number of aromatic nitrogens is 4. The van der Waals surface area contributed by atoms with Crippen molar-refractivity contribution in [1.82, 2.24) is 19.6 Å². The highest BCUT2D eigenvalue weighted by atomic mass is 32.1. The normalized spacial score (nSPS) is 19.3. The van der Waals surface area contributed by atoms with Crippen LogP contribution in [0.5, 0.6) is 0 Å². The number of aryl methyl sites for hydroxylation is 2. The van der Waals surface area contributed by atoms with Crippen LogP contribution in [-0.2, 0) is 17.6 Å². The average molecular weight is 381 g/mol. The van der Waals surface area contributed by atoms with Gasteiger partial charge >= 0.3 is 0 Å². The van der Waals surface area contributed by atoms with Crippen molar-refractivity contribution in [3.8, 4) is 11.6 Å². The van der Waals surface area contributed by atoms with E-state index in [0.29, 0.717) is 11.6 Å². The van der Waals surface area contributed by atoms with Gasteiger partial charge in [0.1, 0.15) is 4.83 Å². The van der Waals surface area contributed by atoms with Crippen molar-refractivity contribution in [1.29, 1.82) is 0 Å². The second-order valence-electron chi connectivity index (χ2n) is 7.14. The Morgan fingerprint density at radius 1 is 1.26 bits per heavy atom. The van der Waals surface area contributed by atoms with Gasteiger partial charge in [0.2, 0.25) is 11.8 Å². The van der Waals surface area contributed by atoms with Gasteiger partial charge in [-0.05, 0) is 49.8 Å². The van der Waals surface area contributed by atoms with Gasteiger partial charge in [0.05, 0.1) is 17.8 Å². The van der Waals surface area contributed by atoms with E-state index in [4.69, 9.17) is 24.2 Å². The number of hydrogen-bond acceptors (Lipinski definition) is 7. The lowest BCUT2D eigenvalue weighted by molar-refractivity contribution is 0.120. The molecule has 0 unspecified atom stereocenters. The summed E-state index contributed by atoms with van der Waals surface area (Å²) >= 11 is 1.79. The molecular formula is C19H19N5O2S. The van der Waals surface area contributed by atoms with Gasteiger partial charge in [-0.15, -0.1) is 16.4 Å². The summed E-state index contributed by atoms with van der Waals surface area (Å²) in [7, 11) is 0. The Morgan fingerprint density at radius 2 is 2.26 bits per heavy atom. The highest BCUT2D eigenvalue weighted by Gasteiger charge is 2.25. The van der Waals surface area contributed by atoms with E-state index in [1.165, 1.54) is 16.9 Å². The minimum Gasteiger partial charge on any atom is -0.461 e. The summed E-state index contributed by atoms with van der Waals surface area (Å²) in [6.07, 6.45) is 7.53. The average Bonchev–Trinajstić information content (AvgIpc) is 3.48. The molecule has 7 nitrogen and oxygen atoms in total. The molecule has 138 valence electrons. The van der Waals surface area contributed by atoms with Crippen LogP contribution in [0.2, 0.25) is 0 Å². The lowest BCUT2D eigenvalue weighted by Gasteiger charge is -2.12. The number of ether oxygens (including phenoxy) is 1. The number of nitrogens with zero attached hydrogens (tertiary/aromatic N) is 4. The van der Waals surface area contributed by atoms with Crippen LogP contribution in [0, 0.1) is 0 Å². The first-order valence-electron chi connectivity index (χ1n) is 9.47. The maximum Gasteiger partial charge on any atom is 0.227 e. The molecule has 8 heteroatoms. The van der Waals surface area contributed by atoms with Crippen molar-refractivity contribution in [3.05, 3.63) is 28.8 Å². The highest BCUT2D eigenvalue weighted by molar-refractivity contribution is 7.19. The largest absolute Gasteiger partial charge is 0.461 e. The van der Waals surface area contributed by atoms with Gasteiger partial charge in [-0.3, -0.25) is 0 Å². The molecule has 1 atom stereocenters. The van der Waals surface area contributed by atoms with Gasteiger partial charge < -0.3 is 14.5 Å². The SMILES string of the molecule is c1coc(-c2nc3c4c5c(sc4nc(NC[C@H]4CCCO4)n3n2)CCC5)c1. The first kappa shape index (κ1) is 15.6. The molecule has 0 aromatic carbocycles. The second kappa shape index (κ2) is 6.03. The lowest BCUT2D eigenvalue weighted by atomic mass is 10.2. The van der Waals surface area contributed by atoms with Crippen molar-refractivity contribution < 1.29 is 9.15 Å². The molecule has 27 heavy (non-hydrogen) atoms. The molecule has 4 aromatic heterocycles. The first-order valence-corrected chi connectivity index (χ1v) is 10.3. The maximum atomic E-state index is 5.74. The predicted octanol–water partition coefficient (Wildman–Crippen LogP) is 3.68. The summed E-state index contributed by atoms with van der Waals surface area (Å²) in [6.45, 7) is 1.58. The van der Waals surface area contributed by atoms with Crippen LogP contribution < -0.4 is 5.32 Å². The number of thiophene rings is 1. The zero-order valence-corrected chi connectivity index (χ0v) is 15.6. The number of rotatable bonds is 4. The fraction of sp³-hybridized carbons (Fsp3) is 0.421. The molecule has 0 spiro atoms. The number of nitrogens with one attached hydrogen (secondary N) is 1. The third kappa shape index (κ3) is 2.47. The molecule has 1 aliphatic carbocycles. The Bertz CT molecular complexity index is 1120. The van der Waals surface area contributed by atoms with E-state index in [1.807, 2.05) is 16.6 Å². The van der Waals surface area contributed by atoms with E-state index in [0.717, 1.165) is 60.6 Å². The van der Waals surface area contributed by atoms with Crippen LogP contribution >= 0.6 is 11.3 Å². The number of fused-ring (bicyclic) bond motifs is 5. The minimum atomic E-state index is 0.235. The standard InChI is InChI=1S/C19H19N5O2S/c1-5-12-14(7-1)27-18-15(12)17-21-16(13-6-3-9-26-13)23-24(17)19(22-18)20-10-11-4-2-8-25-11/h3,6,9,11H,1-2,4-5,7-8,10H2,(H,20,22)/t11-/m1/s1. The summed E-state index contributed by atoms with van der Waals surface area (Å²) < 4.78 is 13.1. The highest BCUT2D eigenvalue weighted by Crippen LogP contribution is 2.39. The molecule has 1 aliphatic heterocycles. The fourth-order valence-electron chi connectivity index (χ4n) is 4.10. The van der Waals surface area contributed by atoms with Gasteiger partial charge in [0, 0.05) is 18.0 Å². The van der Waals surface area contributed by atoms with E-state index < -0.39 is 0 Å². The maximum absolute atomic E-state index is 5.74. The van der Waals surface area contributed by atoms with E-state index in [-0.39, 0.29) is 6.10 Å². The van der Waals surface area contributed by atoms with Crippen LogP contribution in [0.15, 0.2) is 22.8 Å². The van der Waals surface area contributed by atoms with Crippen molar-refractivity contribution in [2.24, 2.45) is 0 Å². The van der Waals surface area contributed by atoms with Crippen LogP contribution in [0.1, 0.15) is 29.7 Å². The van der Waals surface area contributed by atoms with Crippen LogP contribution in [0.25, 0.3) is 27.4 Å². The molecule has 1 fully saturated rings. The Balaban J connectivity index is 1.52. The van der Waals surface area contributed by atoms with Gasteiger partial charge in [-0.25, -0.2) is 9.97 Å². The zero-order valence-electron chi connectivity index (χ0n) is 14.8. The molecule has 2 aliphatic rings. The van der Waals surface area contributed by atoms with E-state index >= 15 is 0 Å². The van der Waals surface area contributed by atoms with Crippen LogP contribution in [0.3, 0.4) is 0 Å². The number of anilines is 1. The van der Waals surface area contributed by atoms with Gasteiger partial charge in [0.15, 0.2) is 11.4 Å². The van der Waals surface area contributed by atoms with E-state index in [9.17, 15) is 0 Å². The van der Waals surface area contributed by atoms with E-state index in [2.05, 4.69) is 5.32 Å². The summed E-state index contributed by atoms with van der Waals surface area (Å²) in [6, 6.07) is 3.74. The van der Waals surface area contributed by atoms with Crippen molar-refractivity contribution in [2.45, 2.75) is 38.2 Å². The first-order chi connectivity index (χ1) is 13.4. The third-order valence-corrected chi connectivity index (χ3v) is 6.58. The van der Waals surface area contributed by atoms with Crippen molar-refractivity contribution in [2.75, 3.05) is 18.5 Å². The Morgan fingerprint density at radius 3 is 3.11 bits per heavy atom. The molecule has 1 N–H and O–H groups in total. The molecular weight excluding hydrogens is 362 g/mol. The Hall–Kier alpha value is -2.45. The molecule has 0 radical (unpaired) electrons. The van der Waals surface area contributed by atoms with Gasteiger partial charge in [0.25, 0.3) is 0 Å². The van der Waals surface area contributed by atoms with E-state index in [1.54, 1.807) is 17.6 Å². The summed E-state index contributed by atoms with van der Waals surface area (Å²) in [5.74, 6) is 1.98. The number of furan rings is 1. The van der Waals surface area contributed by atoms with Gasteiger partial charge in [-0.1, -0.05) is 0 Å². The summed E-state index contributed by atoms with van der Waals surface area (Å²) in [4.78, 5) is 12.2. The molecule has 0 bridgehead atoms. The third-order valence-electron chi connectivity index (χ3n) is 5.39. The van der Waals surface area contributed by atoms with Crippen molar-refractivity contribution in [3.63, 3.8) is 0 Å².